The maximum absolute atomic E-state index is 14.2. The summed E-state index contributed by atoms with van der Waals surface area (Å²) in [4.78, 5) is 50.6. The molecule has 0 spiro atoms. The molecule has 3 aromatic carbocycles. The van der Waals surface area contributed by atoms with Crippen molar-refractivity contribution >= 4 is 18.6 Å². The second-order valence-corrected chi connectivity index (χ2v) is 22.0. The molecule has 513 valence electrons. The number of hydrogen-bond donors (Lipinski definition) is 0. The van der Waals surface area contributed by atoms with E-state index in [1.54, 1.807) is 74.0 Å². The third-order valence-electron chi connectivity index (χ3n) is 14.2. The summed E-state index contributed by atoms with van der Waals surface area (Å²) in [5.41, 5.74) is 11.9. The largest absolute Gasteiger partial charge is 2.00 e. The van der Waals surface area contributed by atoms with Crippen LogP contribution in [0.4, 0.5) is 0 Å². The summed E-state index contributed by atoms with van der Waals surface area (Å²) in [6.07, 6.45) is 15.7. The van der Waals surface area contributed by atoms with Gasteiger partial charge in [-0.05, 0) is 127 Å². The van der Waals surface area contributed by atoms with Crippen molar-refractivity contribution < 1.29 is 99.2 Å². The van der Waals surface area contributed by atoms with Crippen molar-refractivity contribution in [1.82, 2.24) is 49.5 Å². The molecule has 9 rings (SSSR count). The van der Waals surface area contributed by atoms with Crippen molar-refractivity contribution in [2.45, 2.75) is 100 Å². The number of nitriles is 3. The number of pyridine rings is 6. The second kappa shape index (κ2) is 49.4. The fourth-order valence-electron chi connectivity index (χ4n) is 10.2. The maximum Gasteiger partial charge on any atom is 2.00 e. The van der Waals surface area contributed by atoms with E-state index >= 15 is 0 Å². The number of nitrogens with zero attached hydrogens (tertiary/aromatic N) is 16. The van der Waals surface area contributed by atoms with Gasteiger partial charge in [0.05, 0.1) is 72.0 Å². The van der Waals surface area contributed by atoms with Crippen molar-refractivity contribution in [2.75, 3.05) is 39.3 Å². The van der Waals surface area contributed by atoms with Gasteiger partial charge >= 0.3 is 51.2 Å². The Morgan fingerprint density at radius 2 is 0.561 bits per heavy atom. The van der Waals surface area contributed by atoms with Crippen molar-refractivity contribution in [2.24, 2.45) is 15.0 Å². The number of rotatable bonds is 30. The van der Waals surface area contributed by atoms with Crippen LogP contribution in [0.3, 0.4) is 0 Å². The molecule has 0 saturated heterocycles. The molecule has 0 unspecified atom stereocenters. The molecule has 0 saturated carbocycles. The second-order valence-electron chi connectivity index (χ2n) is 22.0. The maximum atomic E-state index is 14.2. The molecule has 0 atom stereocenters. The van der Waals surface area contributed by atoms with E-state index in [1.165, 1.54) is 20.8 Å². The molecule has 0 N–H and O–H groups in total. The molecule has 0 fully saturated rings. The van der Waals surface area contributed by atoms with Gasteiger partial charge in [0.25, 0.3) is 0 Å². The average Bonchev–Trinajstić information content (AvgIpc) is 0.845. The molecule has 0 amide bonds. The summed E-state index contributed by atoms with van der Waals surface area (Å²) < 4.78 is 0. The molecule has 6 aromatic heterocycles. The SMILES string of the molecule is CC#N.CC#N.CC#N.Cc1cc(C=NCCN(CCN=Cc2cc(C)cc(CN(Cc3ccccn3)Cc3ccccn3)c2[O-])CCN=Cc2cc(C)cc(CN(Cc3ccccn3)Cc3ccccn3)c2[O-])c([O-])c(CN(Cc2ccccn2)Cc2ccccn2)c1.[Cu+2].[Cu+2].[Cu+].[Y]. The van der Waals surface area contributed by atoms with E-state index in [0.29, 0.717) is 132 Å². The van der Waals surface area contributed by atoms with E-state index in [-0.39, 0.29) is 101 Å². The van der Waals surface area contributed by atoms with Crippen molar-refractivity contribution in [3.05, 3.63) is 267 Å². The molecule has 23 heteroatoms. The predicted octanol–water partition coefficient (Wildman–Crippen LogP) is 10.3. The number of aryl methyl sites for hydroxylation is 3. The van der Waals surface area contributed by atoms with E-state index < -0.39 is 0 Å². The third-order valence-corrected chi connectivity index (χ3v) is 14.2. The van der Waals surface area contributed by atoms with E-state index in [9.17, 15) is 15.3 Å². The number of hydrogen-bond acceptors (Lipinski definition) is 19. The molecule has 9 aromatic rings. The van der Waals surface area contributed by atoms with Crippen LogP contribution in [0.5, 0.6) is 17.2 Å². The minimum Gasteiger partial charge on any atom is -0.872 e. The molecule has 3 radical (unpaired) electrons. The van der Waals surface area contributed by atoms with Gasteiger partial charge in [-0.1, -0.05) is 107 Å². The standard InChI is InChI=1S/C69H75N13O3.3C2H3N.3Cu.Y/c1-52-34-55(67(83)58(37-52)43-80(46-61-16-4-10-22-73-61)47-62-17-5-11-23-74-62)40-70-28-31-79(32-29-71-41-56-35-53(2)38-59(68(56)84)44-81(48-63-18-6-12-24-75-63)49-64-19-7-13-25-76-64)33-30-72-42-57-36-54(3)39-60(69(57)85)45-82(50-65-20-8-14-26-77-65)51-66-21-9-15-27-78-66;3*1-2-3;;;;/h4-27,34-42,83-85H,28-33,43-51H2,1-3H3;3*1H3;;;;/q;;;;+1;2*+2;/p-3. The monoisotopic (exact) mass is 1530 g/mol. The topological polar surface area (TPSA) is 268 Å². The zero-order chi connectivity index (χ0) is 67.1. The Labute approximate surface area is 635 Å². The first-order valence-corrected chi connectivity index (χ1v) is 30.9. The first-order valence-electron chi connectivity index (χ1n) is 30.9. The van der Waals surface area contributed by atoms with Crippen LogP contribution in [0.15, 0.2) is 198 Å². The van der Waals surface area contributed by atoms with Crippen molar-refractivity contribution in [3.63, 3.8) is 0 Å². The number of aliphatic imine (C=N–C) groups is 3. The van der Waals surface area contributed by atoms with E-state index in [2.05, 4.69) is 49.5 Å². The van der Waals surface area contributed by atoms with E-state index in [0.717, 1.165) is 50.9 Å². The molecule has 0 aliphatic heterocycles. The van der Waals surface area contributed by atoms with Crippen LogP contribution >= 0.6 is 0 Å². The quantitative estimate of drug-likeness (QED) is 0.0299. The summed E-state index contributed by atoms with van der Waals surface area (Å²) in [5, 5.41) is 64.4. The van der Waals surface area contributed by atoms with E-state index in [4.69, 9.17) is 30.8 Å². The summed E-state index contributed by atoms with van der Waals surface area (Å²) in [5.74, 6) is -0.210. The van der Waals surface area contributed by atoms with Gasteiger partial charge in [-0.15, -0.1) is 0 Å². The zero-order valence-electron chi connectivity index (χ0n) is 56.0. The van der Waals surface area contributed by atoms with Crippen LogP contribution in [-0.2, 0) is 143 Å². The Balaban J connectivity index is 0.00000238. The molecule has 0 aliphatic carbocycles. The Hall–Kier alpha value is -8.06. The first kappa shape index (κ1) is 86.0. The zero-order valence-corrected chi connectivity index (χ0v) is 61.7. The minimum atomic E-state index is -0.0701. The summed E-state index contributed by atoms with van der Waals surface area (Å²) in [6, 6.07) is 51.9. The van der Waals surface area contributed by atoms with Crippen LogP contribution in [0, 0.1) is 54.8 Å². The molecule has 0 bridgehead atoms. The Morgan fingerprint density at radius 3 is 0.745 bits per heavy atom. The summed E-state index contributed by atoms with van der Waals surface area (Å²) >= 11 is 0. The fourth-order valence-corrected chi connectivity index (χ4v) is 10.2. The Morgan fingerprint density at radius 1 is 0.357 bits per heavy atom. The minimum absolute atomic E-state index is 0. The van der Waals surface area contributed by atoms with Gasteiger partial charge in [-0.25, -0.2) is 0 Å². The fraction of sp³-hybridized carbons (Fsp3) is 0.280. The molecular formula is C75H81Cu3N16O3Y+2. The van der Waals surface area contributed by atoms with Gasteiger partial charge in [0.15, 0.2) is 0 Å². The smallest absolute Gasteiger partial charge is 0.872 e. The van der Waals surface area contributed by atoms with Gasteiger partial charge in [0.1, 0.15) is 0 Å². The van der Waals surface area contributed by atoms with Crippen LogP contribution < -0.4 is 15.3 Å². The van der Waals surface area contributed by atoms with Crippen LogP contribution in [0.1, 0.15) is 105 Å². The number of benzene rings is 3. The average molecular weight is 1530 g/mol. The van der Waals surface area contributed by atoms with Gasteiger partial charge in [0.2, 0.25) is 0 Å². The van der Waals surface area contributed by atoms with Crippen molar-refractivity contribution in [3.8, 4) is 35.5 Å². The summed E-state index contributed by atoms with van der Waals surface area (Å²) in [7, 11) is 0. The van der Waals surface area contributed by atoms with Gasteiger partial charge in [0, 0.05) is 188 Å². The molecule has 0 aliphatic rings. The van der Waals surface area contributed by atoms with E-state index in [1.807, 2.05) is 166 Å². The van der Waals surface area contributed by atoms with Crippen LogP contribution in [0.25, 0.3) is 0 Å². The Bertz CT molecular complexity index is 3400. The normalized spacial score (nSPS) is 10.6. The van der Waals surface area contributed by atoms with Crippen LogP contribution in [0.2, 0.25) is 0 Å². The molecule has 6 heterocycles. The van der Waals surface area contributed by atoms with Crippen molar-refractivity contribution in [1.29, 1.82) is 15.8 Å². The third kappa shape index (κ3) is 31.6. The predicted molar refractivity (Wildman–Crippen MR) is 364 cm³/mol. The molecule has 98 heavy (non-hydrogen) atoms. The molecule has 19 nitrogen and oxygen atoms in total. The Kier molecular flexibility index (Phi) is 43.4. The summed E-state index contributed by atoms with van der Waals surface area (Å²) in [6.45, 7) is 17.6. The van der Waals surface area contributed by atoms with Gasteiger partial charge in [-0.2, -0.15) is 15.8 Å². The van der Waals surface area contributed by atoms with Crippen LogP contribution in [-0.4, -0.2) is 107 Å². The molecular weight excluding hydrogens is 1450 g/mol. The first-order chi connectivity index (χ1) is 45.8. The van der Waals surface area contributed by atoms with Gasteiger partial charge in [-0.3, -0.25) is 64.5 Å². The van der Waals surface area contributed by atoms with Gasteiger partial charge < -0.3 is 15.3 Å². The number of aromatic nitrogens is 6.